The van der Waals surface area contributed by atoms with Gasteiger partial charge in [-0.25, -0.2) is 0 Å². The number of aromatic nitrogens is 1. The fourth-order valence-corrected chi connectivity index (χ4v) is 6.36. The summed E-state index contributed by atoms with van der Waals surface area (Å²) in [7, 11) is 0. The van der Waals surface area contributed by atoms with E-state index >= 15 is 0 Å². The number of pyridine rings is 1. The molecule has 3 heteroatoms. The van der Waals surface area contributed by atoms with Crippen molar-refractivity contribution >= 4 is 5.57 Å². The van der Waals surface area contributed by atoms with Crippen LogP contribution in [-0.2, 0) is 6.42 Å². The maximum Gasteiger partial charge on any atom is 0.106 e. The Morgan fingerprint density at radius 3 is 2.21 bits per heavy atom. The number of hydrogen-bond acceptors (Lipinski definition) is 3. The summed E-state index contributed by atoms with van der Waals surface area (Å²) < 4.78 is 0. The van der Waals surface area contributed by atoms with Crippen LogP contribution in [0.5, 0.6) is 0 Å². The Morgan fingerprint density at radius 2 is 1.67 bits per heavy atom. The van der Waals surface area contributed by atoms with E-state index in [0.717, 1.165) is 65.7 Å². The third-order valence-corrected chi connectivity index (χ3v) is 8.40. The molecule has 0 aliphatic heterocycles. The summed E-state index contributed by atoms with van der Waals surface area (Å²) in [5, 5.41) is 23.2. The average molecular weight is 446 g/mol. The van der Waals surface area contributed by atoms with Gasteiger partial charge in [-0.1, -0.05) is 64.5 Å². The molecule has 1 fully saturated rings. The van der Waals surface area contributed by atoms with E-state index in [1.165, 1.54) is 30.4 Å². The fourth-order valence-electron chi connectivity index (χ4n) is 6.36. The van der Waals surface area contributed by atoms with Gasteiger partial charge in [0.05, 0.1) is 6.10 Å². The van der Waals surface area contributed by atoms with Gasteiger partial charge in [0.1, 0.15) is 6.10 Å². The van der Waals surface area contributed by atoms with Gasteiger partial charge >= 0.3 is 0 Å². The minimum Gasteiger partial charge on any atom is -0.388 e. The van der Waals surface area contributed by atoms with Crippen molar-refractivity contribution in [3.63, 3.8) is 0 Å². The molecule has 1 saturated carbocycles. The van der Waals surface area contributed by atoms with E-state index < -0.39 is 12.2 Å². The molecule has 176 valence electrons. The lowest BCUT2D eigenvalue weighted by molar-refractivity contribution is 0.0240. The lowest BCUT2D eigenvalue weighted by Gasteiger charge is -2.47. The molecular weight excluding hydrogens is 406 g/mol. The van der Waals surface area contributed by atoms with Gasteiger partial charge in [0.25, 0.3) is 0 Å². The van der Waals surface area contributed by atoms with Crippen LogP contribution in [0.3, 0.4) is 0 Å². The van der Waals surface area contributed by atoms with Gasteiger partial charge in [-0.05, 0) is 84.5 Å². The second kappa shape index (κ2) is 8.67. The predicted octanol–water partition coefficient (Wildman–Crippen LogP) is 7.13. The summed E-state index contributed by atoms with van der Waals surface area (Å²) >= 11 is 0. The normalized spacial score (nSPS) is 22.4. The van der Waals surface area contributed by atoms with Crippen molar-refractivity contribution in [3.05, 3.63) is 69.5 Å². The van der Waals surface area contributed by atoms with E-state index in [4.69, 9.17) is 4.98 Å². The largest absolute Gasteiger partial charge is 0.388 e. The zero-order valence-corrected chi connectivity index (χ0v) is 20.7. The summed E-state index contributed by atoms with van der Waals surface area (Å²) in [4.78, 5) is 5.22. The first-order valence-corrected chi connectivity index (χ1v) is 13.0. The van der Waals surface area contributed by atoms with Gasteiger partial charge in [0.2, 0.25) is 0 Å². The van der Waals surface area contributed by atoms with Gasteiger partial charge in [-0.2, -0.15) is 0 Å². The Labute approximate surface area is 199 Å². The van der Waals surface area contributed by atoms with Crippen LogP contribution in [0.15, 0.2) is 30.3 Å². The van der Waals surface area contributed by atoms with Crippen LogP contribution in [0, 0.1) is 5.41 Å². The first kappa shape index (κ1) is 22.8. The van der Waals surface area contributed by atoms with Crippen molar-refractivity contribution in [3.8, 4) is 0 Å². The van der Waals surface area contributed by atoms with Gasteiger partial charge in [0, 0.05) is 22.5 Å². The van der Waals surface area contributed by atoms with E-state index in [1.54, 1.807) is 0 Å². The SMILES string of the molecule is CC(C)c1ccc([C@@H](O)c2c(C(C)C)nc3c(c2C2=CCCC2)[C@@H](O)CC2(CCC2)C3)cc1. The minimum atomic E-state index is -0.746. The predicted molar refractivity (Wildman–Crippen MR) is 134 cm³/mol. The number of aliphatic hydroxyl groups excluding tert-OH is 2. The number of nitrogens with zero attached hydrogens (tertiary/aromatic N) is 1. The lowest BCUT2D eigenvalue weighted by Crippen LogP contribution is -2.38. The molecule has 2 aromatic rings. The molecule has 2 atom stereocenters. The molecule has 3 nitrogen and oxygen atoms in total. The molecule has 33 heavy (non-hydrogen) atoms. The highest BCUT2D eigenvalue weighted by molar-refractivity contribution is 5.75. The van der Waals surface area contributed by atoms with Crippen LogP contribution in [0.1, 0.15) is 136 Å². The van der Waals surface area contributed by atoms with Crippen LogP contribution in [0.4, 0.5) is 0 Å². The van der Waals surface area contributed by atoms with E-state index in [1.807, 2.05) is 0 Å². The molecule has 2 N–H and O–H groups in total. The summed E-state index contributed by atoms with van der Waals surface area (Å²) in [5.74, 6) is 0.660. The topological polar surface area (TPSA) is 53.4 Å². The van der Waals surface area contributed by atoms with Crippen LogP contribution in [0.2, 0.25) is 0 Å². The molecule has 0 radical (unpaired) electrons. The number of fused-ring (bicyclic) bond motifs is 1. The van der Waals surface area contributed by atoms with Gasteiger partial charge in [0.15, 0.2) is 0 Å². The molecule has 3 aliphatic carbocycles. The van der Waals surface area contributed by atoms with Crippen molar-refractivity contribution in [1.29, 1.82) is 0 Å². The van der Waals surface area contributed by atoms with Crippen molar-refractivity contribution < 1.29 is 10.2 Å². The molecule has 0 bridgehead atoms. The fraction of sp³-hybridized carbons (Fsp3) is 0.567. The zero-order chi connectivity index (χ0) is 23.3. The highest BCUT2D eigenvalue weighted by Gasteiger charge is 2.45. The zero-order valence-electron chi connectivity index (χ0n) is 20.7. The van der Waals surface area contributed by atoms with E-state index in [-0.39, 0.29) is 11.3 Å². The van der Waals surface area contributed by atoms with Gasteiger partial charge in [-0.3, -0.25) is 4.98 Å². The number of aliphatic hydroxyl groups is 2. The highest BCUT2D eigenvalue weighted by Crippen LogP contribution is 2.55. The van der Waals surface area contributed by atoms with Crippen LogP contribution >= 0.6 is 0 Å². The van der Waals surface area contributed by atoms with E-state index in [2.05, 4.69) is 58.0 Å². The Kier molecular flexibility index (Phi) is 5.99. The van der Waals surface area contributed by atoms with Crippen molar-refractivity contribution in [1.82, 2.24) is 4.98 Å². The molecule has 1 heterocycles. The average Bonchev–Trinajstić information content (AvgIpc) is 3.30. The second-order valence-corrected chi connectivity index (χ2v) is 11.4. The quantitative estimate of drug-likeness (QED) is 0.515. The standard InChI is InChI=1S/C30H39NO2/c1-18(2)20-10-12-22(13-11-20)29(33)27-25(21-8-5-6-9-21)26-23(31-28(27)19(3)4)16-30(14-7-15-30)17-24(26)32/h8,10-13,18-19,24,29,32-33H,5-7,9,14-17H2,1-4H3/t24-,29+/m0/s1. The number of allylic oxidation sites excluding steroid dienone is 2. The highest BCUT2D eigenvalue weighted by atomic mass is 16.3. The summed E-state index contributed by atoms with van der Waals surface area (Å²) in [5.41, 5.74) is 8.86. The lowest BCUT2D eigenvalue weighted by atomic mass is 9.59. The number of hydrogen-bond donors (Lipinski definition) is 2. The van der Waals surface area contributed by atoms with Crippen LogP contribution in [0.25, 0.3) is 5.57 Å². The Hall–Kier alpha value is -1.97. The summed E-state index contributed by atoms with van der Waals surface area (Å²) in [6, 6.07) is 8.40. The first-order chi connectivity index (χ1) is 15.8. The minimum absolute atomic E-state index is 0.201. The smallest absolute Gasteiger partial charge is 0.106 e. The van der Waals surface area contributed by atoms with Crippen LogP contribution in [-0.4, -0.2) is 15.2 Å². The van der Waals surface area contributed by atoms with E-state index in [0.29, 0.717) is 5.92 Å². The van der Waals surface area contributed by atoms with Gasteiger partial charge in [-0.15, -0.1) is 0 Å². The molecule has 0 amide bonds. The first-order valence-electron chi connectivity index (χ1n) is 13.0. The van der Waals surface area contributed by atoms with Crippen LogP contribution < -0.4 is 0 Å². The van der Waals surface area contributed by atoms with Crippen molar-refractivity contribution in [2.45, 2.75) is 103 Å². The molecule has 0 unspecified atom stereocenters. The second-order valence-electron chi connectivity index (χ2n) is 11.4. The molecule has 1 spiro atoms. The number of rotatable bonds is 5. The molecule has 3 aliphatic rings. The Balaban J connectivity index is 1.70. The summed E-state index contributed by atoms with van der Waals surface area (Å²) in [6.45, 7) is 8.74. The van der Waals surface area contributed by atoms with E-state index in [9.17, 15) is 10.2 Å². The molecule has 0 saturated heterocycles. The maximum absolute atomic E-state index is 11.8. The third-order valence-electron chi connectivity index (χ3n) is 8.40. The van der Waals surface area contributed by atoms with Crippen molar-refractivity contribution in [2.24, 2.45) is 5.41 Å². The molecule has 1 aromatic heterocycles. The van der Waals surface area contributed by atoms with Gasteiger partial charge < -0.3 is 10.2 Å². The molecule has 5 rings (SSSR count). The maximum atomic E-state index is 11.8. The Bertz CT molecular complexity index is 1060. The summed E-state index contributed by atoms with van der Waals surface area (Å²) in [6.07, 6.45) is 9.79. The third kappa shape index (κ3) is 3.98. The Morgan fingerprint density at radius 1 is 0.970 bits per heavy atom. The molecule has 1 aromatic carbocycles. The monoisotopic (exact) mass is 445 g/mol. The molecular formula is C30H39NO2. The van der Waals surface area contributed by atoms with Crippen molar-refractivity contribution in [2.75, 3.05) is 0 Å². The number of benzene rings is 1.